The number of phenolic OH excluding ortho intramolecular Hbond substituents is 1. The smallest absolute Gasteiger partial charge is 0.416 e. The highest BCUT2D eigenvalue weighted by atomic mass is 19.4. The number of aromatic hydroxyl groups is 1. The lowest BCUT2D eigenvalue weighted by Gasteiger charge is -2.43. The van der Waals surface area contributed by atoms with Gasteiger partial charge in [0, 0.05) is 24.5 Å². The number of hydrogen-bond acceptors (Lipinski definition) is 8. The molecule has 5 aromatic rings. The minimum absolute atomic E-state index is 0.0346. The van der Waals surface area contributed by atoms with Crippen molar-refractivity contribution in [2.75, 3.05) is 32.7 Å². The van der Waals surface area contributed by atoms with Crippen molar-refractivity contribution in [2.24, 2.45) is 5.92 Å². The number of carbonyl (C=O) groups excluding carboxylic acids is 1. The van der Waals surface area contributed by atoms with Gasteiger partial charge in [0.25, 0.3) is 0 Å². The Morgan fingerprint density at radius 1 is 0.945 bits per heavy atom. The summed E-state index contributed by atoms with van der Waals surface area (Å²) in [4.78, 5) is 29.8. The lowest BCUT2D eigenvalue weighted by Crippen LogP contribution is -2.52. The minimum atomic E-state index is -4.61. The van der Waals surface area contributed by atoms with Crippen LogP contribution in [0.15, 0.2) is 102 Å². The normalized spacial score (nSPS) is 19.2. The van der Waals surface area contributed by atoms with Gasteiger partial charge in [0.05, 0.1) is 23.2 Å². The van der Waals surface area contributed by atoms with E-state index in [9.17, 15) is 33.0 Å². The molecule has 8 rings (SSSR count). The number of amides is 1. The fourth-order valence-corrected chi connectivity index (χ4v) is 7.61. The number of aromatic amines is 1. The first-order valence-corrected chi connectivity index (χ1v) is 18.4. The Labute approximate surface area is 315 Å². The highest BCUT2D eigenvalue weighted by molar-refractivity contribution is 5.87. The number of carbonyl (C=O) groups is 1. The van der Waals surface area contributed by atoms with Gasteiger partial charge in [-0.3, -0.25) is 9.69 Å². The second kappa shape index (κ2) is 16.6. The molecule has 5 N–H and O–H groups in total. The molecule has 3 aliphatic rings. The molecule has 10 nitrogen and oxygen atoms in total. The lowest BCUT2D eigenvalue weighted by atomic mass is 9.86. The summed E-state index contributed by atoms with van der Waals surface area (Å²) in [5, 5.41) is 27.4. The van der Waals surface area contributed by atoms with Crippen LogP contribution in [-0.4, -0.2) is 65.0 Å². The van der Waals surface area contributed by atoms with E-state index in [1.165, 1.54) is 30.3 Å². The molecule has 55 heavy (non-hydrogen) atoms. The fourth-order valence-electron chi connectivity index (χ4n) is 7.61. The number of benzene rings is 4. The van der Waals surface area contributed by atoms with E-state index < -0.39 is 35.5 Å². The summed E-state index contributed by atoms with van der Waals surface area (Å²) < 4.78 is 54.7. The quantitative estimate of drug-likeness (QED) is 0.0848. The van der Waals surface area contributed by atoms with Gasteiger partial charge < -0.3 is 35.3 Å². The standard InChI is InChI=1S/C42H43F3N4O6/c43-42(44,45)34-21-26(9-10-27(34)15-18-46-23-36(51)32-11-13-35(50)40-33(32)12-14-38(52)47-40)25-54-31-8-4-7-30(22-31)39(29-5-2-1-3-6-29)48-41(53)55-37-24-49-19-16-28(37)17-20-49/h1-14,21-22,28,36-37,39,46,50-51H,15-20,23-25H2,(H,47,52)(H,48,53)/t36?,37?,39-/m0/s1. The third-order valence-electron chi connectivity index (χ3n) is 10.5. The number of hydrogen-bond donors (Lipinski definition) is 5. The molecule has 13 heteroatoms. The highest BCUT2D eigenvalue weighted by Crippen LogP contribution is 2.34. The van der Waals surface area contributed by atoms with E-state index >= 15 is 0 Å². The number of nitrogens with one attached hydrogen (secondary N) is 3. The van der Waals surface area contributed by atoms with E-state index in [0.29, 0.717) is 28.2 Å². The zero-order valence-electron chi connectivity index (χ0n) is 30.0. The zero-order chi connectivity index (χ0) is 38.5. The Hall–Kier alpha value is -5.37. The van der Waals surface area contributed by atoms with Crippen molar-refractivity contribution in [1.29, 1.82) is 0 Å². The molecule has 3 saturated heterocycles. The average molecular weight is 757 g/mol. The van der Waals surface area contributed by atoms with E-state index in [-0.39, 0.29) is 49.1 Å². The van der Waals surface area contributed by atoms with Gasteiger partial charge in [-0.2, -0.15) is 13.2 Å². The first-order chi connectivity index (χ1) is 26.5. The summed E-state index contributed by atoms with van der Waals surface area (Å²) in [6.07, 6.45) is -4.23. The molecule has 4 heterocycles. The Balaban J connectivity index is 0.983. The van der Waals surface area contributed by atoms with Crippen molar-refractivity contribution in [3.05, 3.63) is 141 Å². The number of ether oxygens (including phenoxy) is 2. The van der Waals surface area contributed by atoms with Gasteiger partial charge in [-0.25, -0.2) is 4.79 Å². The largest absolute Gasteiger partial charge is 0.506 e. The molecule has 2 bridgehead atoms. The van der Waals surface area contributed by atoms with E-state index in [1.54, 1.807) is 24.3 Å². The number of H-pyrrole nitrogens is 1. The number of aromatic nitrogens is 1. The van der Waals surface area contributed by atoms with Gasteiger partial charge in [-0.05, 0) is 103 Å². The van der Waals surface area contributed by atoms with Crippen LogP contribution >= 0.6 is 0 Å². The van der Waals surface area contributed by atoms with Crippen molar-refractivity contribution in [3.63, 3.8) is 0 Å². The third kappa shape index (κ3) is 9.13. The molecule has 3 atom stereocenters. The number of fused-ring (bicyclic) bond motifs is 4. The van der Waals surface area contributed by atoms with Crippen LogP contribution in [0.1, 0.15) is 58.4 Å². The highest BCUT2D eigenvalue weighted by Gasteiger charge is 2.37. The van der Waals surface area contributed by atoms with E-state index in [1.807, 2.05) is 36.4 Å². The van der Waals surface area contributed by atoms with E-state index in [2.05, 4.69) is 20.5 Å². The number of alkyl carbamates (subject to hydrolysis) is 1. The molecule has 0 aliphatic carbocycles. The molecule has 0 spiro atoms. The number of phenols is 1. The topological polar surface area (TPSA) is 136 Å². The molecule has 288 valence electrons. The van der Waals surface area contributed by atoms with Crippen molar-refractivity contribution < 1.29 is 37.7 Å². The molecule has 1 aromatic heterocycles. The van der Waals surface area contributed by atoms with Gasteiger partial charge in [0.1, 0.15) is 24.2 Å². The summed E-state index contributed by atoms with van der Waals surface area (Å²) in [7, 11) is 0. The monoisotopic (exact) mass is 756 g/mol. The number of aliphatic hydroxyl groups excluding tert-OH is 1. The number of aliphatic hydroxyl groups is 1. The number of pyridine rings is 1. The van der Waals surface area contributed by atoms with Gasteiger partial charge in [0.15, 0.2) is 0 Å². The van der Waals surface area contributed by atoms with E-state index in [0.717, 1.165) is 49.7 Å². The van der Waals surface area contributed by atoms with Crippen LogP contribution in [0.4, 0.5) is 18.0 Å². The van der Waals surface area contributed by atoms with Gasteiger partial charge in [0.2, 0.25) is 5.56 Å². The Morgan fingerprint density at radius 2 is 1.73 bits per heavy atom. The maximum Gasteiger partial charge on any atom is 0.416 e. The maximum absolute atomic E-state index is 14.3. The Morgan fingerprint density at radius 3 is 2.47 bits per heavy atom. The number of rotatable bonds is 13. The number of alkyl halides is 3. The first-order valence-electron chi connectivity index (χ1n) is 18.4. The molecule has 0 radical (unpaired) electrons. The lowest BCUT2D eigenvalue weighted by molar-refractivity contribution is -0.138. The number of halogens is 3. The SMILES string of the molecule is O=C(N[C@@H](c1ccccc1)c1cccc(OCc2ccc(CCNCC(O)c3ccc(O)c4[nH]c(=O)ccc34)c(C(F)(F)F)c2)c1)OC1CN2CCC1CC2. The van der Waals surface area contributed by atoms with Crippen LogP contribution in [0.25, 0.3) is 10.9 Å². The molecule has 2 unspecified atom stereocenters. The van der Waals surface area contributed by atoms with Crippen LogP contribution in [0.5, 0.6) is 11.5 Å². The van der Waals surface area contributed by atoms with Gasteiger partial charge in [-0.15, -0.1) is 0 Å². The summed E-state index contributed by atoms with van der Waals surface area (Å²) in [5.74, 6) is 0.653. The van der Waals surface area contributed by atoms with Crippen LogP contribution in [0, 0.1) is 5.92 Å². The van der Waals surface area contributed by atoms with E-state index in [4.69, 9.17) is 9.47 Å². The summed E-state index contributed by atoms with van der Waals surface area (Å²) in [6, 6.07) is 25.9. The minimum Gasteiger partial charge on any atom is -0.506 e. The zero-order valence-corrected chi connectivity index (χ0v) is 30.0. The Kier molecular flexibility index (Phi) is 11.4. The van der Waals surface area contributed by atoms with Gasteiger partial charge in [-0.1, -0.05) is 60.7 Å². The van der Waals surface area contributed by atoms with Crippen LogP contribution in [-0.2, 0) is 23.9 Å². The molecule has 4 aromatic carbocycles. The van der Waals surface area contributed by atoms with Crippen LogP contribution in [0.2, 0.25) is 0 Å². The average Bonchev–Trinajstić information content (AvgIpc) is 3.19. The summed E-state index contributed by atoms with van der Waals surface area (Å²) >= 11 is 0. The molecular formula is C42H43F3N4O6. The van der Waals surface area contributed by atoms with Crippen LogP contribution < -0.4 is 20.9 Å². The maximum atomic E-state index is 14.3. The summed E-state index contributed by atoms with van der Waals surface area (Å²) in [6.45, 7) is 2.87. The van der Waals surface area contributed by atoms with Crippen molar-refractivity contribution >= 4 is 17.0 Å². The number of piperidine rings is 3. The fraction of sp³-hybridized carbons (Fsp3) is 0.333. The van der Waals surface area contributed by atoms with Crippen LogP contribution in [0.3, 0.4) is 0 Å². The second-order valence-electron chi connectivity index (χ2n) is 14.2. The second-order valence-corrected chi connectivity index (χ2v) is 14.2. The molecule has 3 aliphatic heterocycles. The molecule has 3 fully saturated rings. The molecule has 1 amide bonds. The Bertz CT molecular complexity index is 2170. The molecule has 0 saturated carbocycles. The predicted molar refractivity (Wildman–Crippen MR) is 201 cm³/mol. The van der Waals surface area contributed by atoms with Crippen molar-refractivity contribution in [3.8, 4) is 11.5 Å². The van der Waals surface area contributed by atoms with Gasteiger partial charge >= 0.3 is 12.3 Å². The van der Waals surface area contributed by atoms with Crippen molar-refractivity contribution in [2.45, 2.75) is 50.3 Å². The number of nitrogens with zero attached hydrogens (tertiary/aromatic N) is 1. The third-order valence-corrected chi connectivity index (χ3v) is 10.5. The predicted octanol–water partition coefficient (Wildman–Crippen LogP) is 6.61. The molecular weight excluding hydrogens is 713 g/mol. The van der Waals surface area contributed by atoms with Crippen molar-refractivity contribution in [1.82, 2.24) is 20.5 Å². The summed E-state index contributed by atoms with van der Waals surface area (Å²) in [5.41, 5.74) is 1.47. The first kappa shape index (κ1) is 37.9.